The summed E-state index contributed by atoms with van der Waals surface area (Å²) in [7, 11) is 0. The van der Waals surface area contributed by atoms with Crippen LogP contribution in [0, 0.1) is 0 Å². The Morgan fingerprint density at radius 1 is 1.31 bits per heavy atom. The van der Waals surface area contributed by atoms with E-state index < -0.39 is 6.08 Å². The van der Waals surface area contributed by atoms with Crippen LogP contribution in [0.3, 0.4) is 0 Å². The second-order valence-electron chi connectivity index (χ2n) is 3.26. The Morgan fingerprint density at radius 2 is 2.19 bits per heavy atom. The second-order valence-corrected chi connectivity index (χ2v) is 3.26. The smallest absolute Gasteiger partial charge is 0.247 e. The Balaban J connectivity index is 1.85. The van der Waals surface area contributed by atoms with Gasteiger partial charge in [0.15, 0.2) is 11.5 Å². The molecule has 0 radical (unpaired) electrons. The van der Waals surface area contributed by atoms with Crippen molar-refractivity contribution in [3.8, 4) is 17.6 Å². The van der Waals surface area contributed by atoms with E-state index in [1.807, 2.05) is 12.1 Å². The molecule has 16 heavy (non-hydrogen) atoms. The van der Waals surface area contributed by atoms with Crippen LogP contribution in [0.2, 0.25) is 0 Å². The van der Waals surface area contributed by atoms with Gasteiger partial charge in [0.1, 0.15) is 5.27 Å². The molecule has 0 N–H and O–H groups in total. The van der Waals surface area contributed by atoms with Crippen LogP contribution in [0.1, 0.15) is 5.56 Å². The number of hydrogen-bond acceptors (Lipinski definition) is 6. The number of hydrogen-bond donors (Lipinski definition) is 0. The van der Waals surface area contributed by atoms with Gasteiger partial charge in [-0.3, -0.25) is 0 Å². The molecule has 1 aliphatic heterocycles. The molecule has 0 bridgehead atoms. The maximum absolute atomic E-state index is 10.7. The molecule has 2 aromatic rings. The average Bonchev–Trinajstić information content (AvgIpc) is 2.87. The van der Waals surface area contributed by atoms with Crippen LogP contribution in [0.4, 0.5) is 0 Å². The highest BCUT2D eigenvalue weighted by molar-refractivity contribution is 5.44. The maximum atomic E-state index is 10.7. The molecule has 7 heteroatoms. The zero-order chi connectivity index (χ0) is 11.0. The lowest BCUT2D eigenvalue weighted by atomic mass is 10.2. The molecule has 82 valence electrons. The van der Waals surface area contributed by atoms with Gasteiger partial charge >= 0.3 is 0 Å². The lowest BCUT2D eigenvalue weighted by Gasteiger charge is -1.96. The summed E-state index contributed by atoms with van der Waals surface area (Å²) in [5.41, 5.74) is 0.898. The average molecular weight is 221 g/mol. The Morgan fingerprint density at radius 3 is 3.00 bits per heavy atom. The number of ether oxygens (including phenoxy) is 2. The molecular formula is C9H7N3O4. The summed E-state index contributed by atoms with van der Waals surface area (Å²) in [6.45, 7) is 0.585. The number of aromatic nitrogens is 3. The molecular weight excluding hydrogens is 214 g/mol. The van der Waals surface area contributed by atoms with Gasteiger partial charge in [-0.15, -0.1) is 0 Å². The highest BCUT2D eigenvalue weighted by atomic mass is 16.7. The molecule has 0 unspecified atom stereocenters. The third-order valence-electron chi connectivity index (χ3n) is 2.17. The van der Waals surface area contributed by atoms with E-state index in [9.17, 15) is 5.11 Å². The fourth-order valence-electron chi connectivity index (χ4n) is 1.48. The topological polar surface area (TPSA) is 84.3 Å². The van der Waals surface area contributed by atoms with Gasteiger partial charge in [-0.1, -0.05) is 0 Å². The predicted octanol–water partition coefficient (Wildman–Crippen LogP) is -0.792. The maximum Gasteiger partial charge on any atom is 0.247 e. The quantitative estimate of drug-likeness (QED) is 0.618. The van der Waals surface area contributed by atoms with E-state index in [1.54, 1.807) is 6.07 Å². The number of benzene rings is 1. The van der Waals surface area contributed by atoms with Gasteiger partial charge in [0.2, 0.25) is 19.4 Å². The van der Waals surface area contributed by atoms with E-state index in [-0.39, 0.29) is 6.79 Å². The van der Waals surface area contributed by atoms with Crippen molar-refractivity contribution >= 4 is 0 Å². The van der Waals surface area contributed by atoms with Crippen molar-refractivity contribution in [1.29, 1.82) is 0 Å². The standard InChI is InChI=1S/C9H7N3O4/c13-9-10-12(11-16-9)4-6-1-2-7-8(3-6)15-5-14-7/h1-3H,4-5H2. The number of fused-ring (bicyclic) bond motifs is 1. The summed E-state index contributed by atoms with van der Waals surface area (Å²) < 4.78 is 14.7. The number of nitrogens with zero attached hydrogens (tertiary/aromatic N) is 3. The summed E-state index contributed by atoms with van der Waals surface area (Å²) in [5, 5.41) is 17.6. The van der Waals surface area contributed by atoms with Gasteiger partial charge in [-0.2, -0.15) is 0 Å². The van der Waals surface area contributed by atoms with Crippen molar-refractivity contribution in [2.24, 2.45) is 0 Å². The minimum Gasteiger partial charge on any atom is -0.523 e. The van der Waals surface area contributed by atoms with E-state index in [1.165, 1.54) is 4.80 Å². The molecule has 1 aliphatic rings. The van der Waals surface area contributed by atoms with Crippen LogP contribution in [0.5, 0.6) is 17.6 Å². The van der Waals surface area contributed by atoms with Gasteiger partial charge in [0.05, 0.1) is 0 Å². The largest absolute Gasteiger partial charge is 0.523 e. The summed E-state index contributed by atoms with van der Waals surface area (Å²) in [6, 6.07) is 5.47. The van der Waals surface area contributed by atoms with Crippen LogP contribution >= 0.6 is 0 Å². The van der Waals surface area contributed by atoms with Gasteiger partial charge in [0, 0.05) is 15.5 Å². The monoisotopic (exact) mass is 221 g/mol. The zero-order valence-corrected chi connectivity index (χ0v) is 8.12. The molecule has 7 nitrogen and oxygen atoms in total. The van der Waals surface area contributed by atoms with E-state index in [4.69, 9.17) is 9.47 Å². The highest BCUT2D eigenvalue weighted by Gasteiger charge is 2.16. The van der Waals surface area contributed by atoms with Crippen molar-refractivity contribution in [3.63, 3.8) is 0 Å². The SMILES string of the molecule is [O-]c1n[n+](Cc2ccc3c(c2)OCO3)no1. The van der Waals surface area contributed by atoms with Gasteiger partial charge in [-0.05, 0) is 18.2 Å². The van der Waals surface area contributed by atoms with Gasteiger partial charge in [0.25, 0.3) is 0 Å². The number of rotatable bonds is 2. The third-order valence-corrected chi connectivity index (χ3v) is 2.17. The van der Waals surface area contributed by atoms with E-state index in [0.717, 1.165) is 5.56 Å². The first-order valence-corrected chi connectivity index (χ1v) is 4.61. The summed E-state index contributed by atoms with van der Waals surface area (Å²) in [6.07, 6.45) is -0.708. The first kappa shape index (κ1) is 8.96. The van der Waals surface area contributed by atoms with E-state index >= 15 is 0 Å². The molecule has 0 spiro atoms. The molecule has 0 atom stereocenters. The second kappa shape index (κ2) is 3.37. The normalized spacial score (nSPS) is 13.0. The molecule has 3 rings (SSSR count). The highest BCUT2D eigenvalue weighted by Crippen LogP contribution is 2.32. The third kappa shape index (κ3) is 1.52. The zero-order valence-electron chi connectivity index (χ0n) is 8.12. The molecule has 1 aromatic carbocycles. The molecule has 1 aromatic heterocycles. The lowest BCUT2D eigenvalue weighted by Crippen LogP contribution is -2.39. The van der Waals surface area contributed by atoms with Crippen LogP contribution < -0.4 is 19.4 Å². The first-order valence-electron chi connectivity index (χ1n) is 4.61. The van der Waals surface area contributed by atoms with Crippen molar-refractivity contribution in [3.05, 3.63) is 23.8 Å². The van der Waals surface area contributed by atoms with Crippen LogP contribution in [-0.4, -0.2) is 17.2 Å². The molecule has 2 heterocycles. The van der Waals surface area contributed by atoms with Gasteiger partial charge < -0.3 is 19.1 Å². The summed E-state index contributed by atoms with van der Waals surface area (Å²) in [5.74, 6) is 1.40. The van der Waals surface area contributed by atoms with Crippen LogP contribution in [-0.2, 0) is 6.54 Å². The van der Waals surface area contributed by atoms with E-state index in [0.29, 0.717) is 18.0 Å². The van der Waals surface area contributed by atoms with E-state index in [2.05, 4.69) is 14.9 Å². The Kier molecular flexibility index (Phi) is 1.89. The Bertz CT molecular complexity index is 525. The molecule has 0 amide bonds. The Labute approximate surface area is 89.8 Å². The lowest BCUT2D eigenvalue weighted by molar-refractivity contribution is -0.805. The predicted molar refractivity (Wildman–Crippen MR) is 45.6 cm³/mol. The molecule has 0 saturated heterocycles. The van der Waals surface area contributed by atoms with Crippen molar-refractivity contribution in [2.75, 3.05) is 6.79 Å². The molecule has 0 fully saturated rings. The first-order chi connectivity index (χ1) is 7.81. The van der Waals surface area contributed by atoms with Crippen molar-refractivity contribution < 1.29 is 23.9 Å². The fraction of sp³-hybridized carbons (Fsp3) is 0.222. The summed E-state index contributed by atoms with van der Waals surface area (Å²) in [4.78, 5) is 1.18. The molecule has 0 aliphatic carbocycles. The van der Waals surface area contributed by atoms with Crippen LogP contribution in [0.25, 0.3) is 0 Å². The fourth-order valence-corrected chi connectivity index (χ4v) is 1.48. The van der Waals surface area contributed by atoms with Crippen molar-refractivity contribution in [1.82, 2.24) is 10.4 Å². The summed E-state index contributed by atoms with van der Waals surface area (Å²) >= 11 is 0. The molecule has 0 saturated carbocycles. The van der Waals surface area contributed by atoms with Crippen molar-refractivity contribution in [2.45, 2.75) is 6.54 Å². The van der Waals surface area contributed by atoms with Crippen LogP contribution in [0.15, 0.2) is 22.7 Å². The minimum atomic E-state index is -0.708. The Hall–Kier alpha value is -2.31. The van der Waals surface area contributed by atoms with Gasteiger partial charge in [-0.25, -0.2) is 0 Å². The minimum absolute atomic E-state index is 0.235.